The van der Waals surface area contributed by atoms with Gasteiger partial charge in [-0.1, -0.05) is 11.8 Å². The lowest BCUT2D eigenvalue weighted by atomic mass is 10.2. The summed E-state index contributed by atoms with van der Waals surface area (Å²) in [6, 6.07) is 7.45. The molecule has 0 aromatic carbocycles. The molecule has 0 saturated heterocycles. The standard InChI is InChI=1S/C17H19N5O2S/c1-21-9-3-4-14(21)15(23)12-25-17-20-19-16(22(17)10-11-24-2)13-5-7-18-8-6-13/h3-9H,10-12H2,1-2H3. The van der Waals surface area contributed by atoms with E-state index in [4.69, 9.17) is 4.74 Å². The number of aromatic nitrogens is 5. The van der Waals surface area contributed by atoms with Crippen LogP contribution in [0.4, 0.5) is 0 Å². The summed E-state index contributed by atoms with van der Waals surface area (Å²) in [6.07, 6.45) is 5.30. The van der Waals surface area contributed by atoms with E-state index in [1.165, 1.54) is 11.8 Å². The van der Waals surface area contributed by atoms with E-state index < -0.39 is 0 Å². The van der Waals surface area contributed by atoms with Gasteiger partial charge in [-0.2, -0.15) is 0 Å². The molecule has 0 aliphatic heterocycles. The highest BCUT2D eigenvalue weighted by Crippen LogP contribution is 2.24. The number of aryl methyl sites for hydroxylation is 1. The smallest absolute Gasteiger partial charge is 0.192 e. The lowest BCUT2D eigenvalue weighted by Gasteiger charge is -2.09. The van der Waals surface area contributed by atoms with Crippen LogP contribution in [0.25, 0.3) is 11.4 Å². The minimum atomic E-state index is 0.0595. The molecule has 7 nitrogen and oxygen atoms in total. The van der Waals surface area contributed by atoms with Crippen molar-refractivity contribution in [3.8, 4) is 11.4 Å². The number of hydrogen-bond donors (Lipinski definition) is 0. The third-order valence-electron chi connectivity index (χ3n) is 3.74. The molecule has 3 heterocycles. The van der Waals surface area contributed by atoms with Gasteiger partial charge in [0.25, 0.3) is 0 Å². The number of Topliss-reactive ketones (excluding diaryl/α,β-unsaturated/α-hetero) is 1. The number of methoxy groups -OCH3 is 1. The van der Waals surface area contributed by atoms with E-state index in [9.17, 15) is 4.79 Å². The third-order valence-corrected chi connectivity index (χ3v) is 4.70. The number of rotatable bonds is 8. The van der Waals surface area contributed by atoms with Gasteiger partial charge in [0.2, 0.25) is 0 Å². The first-order valence-electron chi connectivity index (χ1n) is 7.80. The van der Waals surface area contributed by atoms with Crippen molar-refractivity contribution in [1.29, 1.82) is 0 Å². The summed E-state index contributed by atoms with van der Waals surface area (Å²) >= 11 is 1.38. The Kier molecular flexibility index (Phi) is 5.62. The van der Waals surface area contributed by atoms with Crippen LogP contribution in [0.5, 0.6) is 0 Å². The normalized spacial score (nSPS) is 11.0. The first-order chi connectivity index (χ1) is 12.2. The van der Waals surface area contributed by atoms with E-state index >= 15 is 0 Å². The van der Waals surface area contributed by atoms with E-state index in [0.29, 0.717) is 29.8 Å². The minimum Gasteiger partial charge on any atom is -0.383 e. The Labute approximate surface area is 150 Å². The molecule has 8 heteroatoms. The molecule has 0 bridgehead atoms. The van der Waals surface area contributed by atoms with Crippen LogP contribution < -0.4 is 0 Å². The molecule has 130 valence electrons. The van der Waals surface area contributed by atoms with E-state index in [1.54, 1.807) is 19.5 Å². The summed E-state index contributed by atoms with van der Waals surface area (Å²) in [5, 5.41) is 9.25. The van der Waals surface area contributed by atoms with Gasteiger partial charge in [0.15, 0.2) is 16.8 Å². The van der Waals surface area contributed by atoms with Crippen molar-refractivity contribution in [2.24, 2.45) is 7.05 Å². The number of hydrogen-bond acceptors (Lipinski definition) is 6. The molecule has 0 amide bonds. The summed E-state index contributed by atoms with van der Waals surface area (Å²) in [5.41, 5.74) is 1.61. The van der Waals surface area contributed by atoms with Gasteiger partial charge in [-0.25, -0.2) is 0 Å². The molecule has 0 aliphatic rings. The summed E-state index contributed by atoms with van der Waals surface area (Å²) in [6.45, 7) is 1.15. The van der Waals surface area contributed by atoms with Crippen LogP contribution in [0.3, 0.4) is 0 Å². The average Bonchev–Trinajstić information content (AvgIpc) is 3.24. The molecule has 0 aliphatic carbocycles. The molecular weight excluding hydrogens is 338 g/mol. The molecule has 0 saturated carbocycles. The van der Waals surface area contributed by atoms with E-state index in [-0.39, 0.29) is 5.78 Å². The Morgan fingerprint density at radius 3 is 2.72 bits per heavy atom. The zero-order chi connectivity index (χ0) is 17.6. The molecule has 0 spiro atoms. The van der Waals surface area contributed by atoms with Gasteiger partial charge >= 0.3 is 0 Å². The Morgan fingerprint density at radius 1 is 1.24 bits per heavy atom. The third kappa shape index (κ3) is 3.97. The zero-order valence-corrected chi connectivity index (χ0v) is 14.9. The van der Waals surface area contributed by atoms with Crippen molar-refractivity contribution >= 4 is 17.5 Å². The molecule has 0 fully saturated rings. The second kappa shape index (κ2) is 8.09. The molecule has 3 aromatic heterocycles. The molecule has 3 rings (SSSR count). The quantitative estimate of drug-likeness (QED) is 0.455. The number of ketones is 1. The second-order valence-electron chi connectivity index (χ2n) is 5.40. The minimum absolute atomic E-state index is 0.0595. The topological polar surface area (TPSA) is 74.8 Å². The number of ether oxygens (including phenoxy) is 1. The second-order valence-corrected chi connectivity index (χ2v) is 6.35. The van der Waals surface area contributed by atoms with Gasteiger partial charge in [0.05, 0.1) is 24.6 Å². The fraction of sp³-hybridized carbons (Fsp3) is 0.294. The first kappa shape index (κ1) is 17.4. The predicted molar refractivity (Wildman–Crippen MR) is 95.6 cm³/mol. The fourth-order valence-electron chi connectivity index (χ4n) is 2.45. The van der Waals surface area contributed by atoms with E-state index in [1.807, 2.05) is 46.6 Å². The maximum atomic E-state index is 12.4. The van der Waals surface area contributed by atoms with Crippen molar-refractivity contribution in [3.05, 3.63) is 48.5 Å². The van der Waals surface area contributed by atoms with Crippen LogP contribution in [0, 0.1) is 0 Å². The van der Waals surface area contributed by atoms with E-state index in [0.717, 1.165) is 11.4 Å². The van der Waals surface area contributed by atoms with Crippen molar-refractivity contribution < 1.29 is 9.53 Å². The summed E-state index contributed by atoms with van der Waals surface area (Å²) in [5.74, 6) is 1.11. The first-order valence-corrected chi connectivity index (χ1v) is 8.79. The SMILES string of the molecule is COCCn1c(SCC(=O)c2cccn2C)nnc1-c1ccncc1. The highest BCUT2D eigenvalue weighted by Gasteiger charge is 2.17. The van der Waals surface area contributed by atoms with Gasteiger partial charge in [-0.05, 0) is 24.3 Å². The largest absolute Gasteiger partial charge is 0.383 e. The zero-order valence-electron chi connectivity index (χ0n) is 14.1. The Morgan fingerprint density at radius 2 is 2.04 bits per heavy atom. The van der Waals surface area contributed by atoms with Crippen molar-refractivity contribution in [1.82, 2.24) is 24.3 Å². The van der Waals surface area contributed by atoms with Crippen molar-refractivity contribution in [3.63, 3.8) is 0 Å². The van der Waals surface area contributed by atoms with Crippen LogP contribution >= 0.6 is 11.8 Å². The number of carbonyl (C=O) groups is 1. The maximum absolute atomic E-state index is 12.4. The van der Waals surface area contributed by atoms with Crippen LogP contribution in [-0.4, -0.2) is 49.6 Å². The van der Waals surface area contributed by atoms with Crippen LogP contribution in [0.1, 0.15) is 10.5 Å². The van der Waals surface area contributed by atoms with Crippen LogP contribution in [0.2, 0.25) is 0 Å². The van der Waals surface area contributed by atoms with Gasteiger partial charge in [0, 0.05) is 38.3 Å². The predicted octanol–water partition coefficient (Wildman–Crippen LogP) is 2.30. The number of carbonyl (C=O) groups excluding carboxylic acids is 1. The monoisotopic (exact) mass is 357 g/mol. The highest BCUT2D eigenvalue weighted by atomic mass is 32.2. The van der Waals surface area contributed by atoms with Gasteiger partial charge in [0.1, 0.15) is 0 Å². The highest BCUT2D eigenvalue weighted by molar-refractivity contribution is 7.99. The van der Waals surface area contributed by atoms with Crippen LogP contribution in [-0.2, 0) is 18.3 Å². The molecular formula is C17H19N5O2S. The Balaban J connectivity index is 1.80. The van der Waals surface area contributed by atoms with E-state index in [2.05, 4.69) is 15.2 Å². The molecule has 0 atom stereocenters. The maximum Gasteiger partial charge on any atom is 0.192 e. The lowest BCUT2D eigenvalue weighted by molar-refractivity contribution is 0.101. The fourth-order valence-corrected chi connectivity index (χ4v) is 3.29. The summed E-state index contributed by atoms with van der Waals surface area (Å²) in [7, 11) is 3.52. The lowest BCUT2D eigenvalue weighted by Crippen LogP contribution is -2.10. The van der Waals surface area contributed by atoms with Crippen LogP contribution in [0.15, 0.2) is 48.0 Å². The molecule has 3 aromatic rings. The molecule has 0 N–H and O–H groups in total. The van der Waals surface area contributed by atoms with Gasteiger partial charge in [-0.3, -0.25) is 14.3 Å². The van der Waals surface area contributed by atoms with Gasteiger partial charge in [-0.15, -0.1) is 10.2 Å². The number of pyridine rings is 1. The molecule has 0 unspecified atom stereocenters. The van der Waals surface area contributed by atoms with Gasteiger partial charge < -0.3 is 9.30 Å². The Hall–Kier alpha value is -2.45. The number of nitrogens with zero attached hydrogens (tertiary/aromatic N) is 5. The van der Waals surface area contributed by atoms with Crippen molar-refractivity contribution in [2.45, 2.75) is 11.7 Å². The molecule has 25 heavy (non-hydrogen) atoms. The average molecular weight is 357 g/mol. The summed E-state index contributed by atoms with van der Waals surface area (Å²) in [4.78, 5) is 16.4. The molecule has 0 radical (unpaired) electrons. The Bertz CT molecular complexity index is 844. The van der Waals surface area contributed by atoms with Crippen molar-refractivity contribution in [2.75, 3.05) is 19.5 Å². The number of thioether (sulfide) groups is 1. The summed E-state index contributed by atoms with van der Waals surface area (Å²) < 4.78 is 8.99.